The molecule has 3 unspecified atom stereocenters. The van der Waals surface area contributed by atoms with Crippen molar-refractivity contribution in [2.24, 2.45) is 5.92 Å². The average molecular weight is 361 g/mol. The van der Waals surface area contributed by atoms with Crippen LogP contribution in [0.2, 0.25) is 0 Å². The minimum Gasteiger partial charge on any atom is -0.307 e. The highest BCUT2D eigenvalue weighted by Gasteiger charge is 2.38. The highest BCUT2D eigenvalue weighted by molar-refractivity contribution is 14.1. The second-order valence-corrected chi connectivity index (χ2v) is 8.46. The summed E-state index contributed by atoms with van der Waals surface area (Å²) < 4.78 is 1.46. The van der Waals surface area contributed by atoms with Gasteiger partial charge in [0, 0.05) is 17.0 Å². The van der Waals surface area contributed by atoms with Gasteiger partial charge in [-0.2, -0.15) is 0 Å². The van der Waals surface area contributed by atoms with Crippen LogP contribution in [0.3, 0.4) is 0 Å². The van der Waals surface area contributed by atoms with Gasteiger partial charge in [-0.15, -0.1) is 11.3 Å². The lowest BCUT2D eigenvalue weighted by Gasteiger charge is -2.24. The molecule has 0 amide bonds. The number of fused-ring (bicyclic) bond motifs is 1. The molecule has 0 saturated heterocycles. The molecule has 1 heterocycles. The van der Waals surface area contributed by atoms with E-state index < -0.39 is 0 Å². The molecule has 0 aromatic carbocycles. The molecule has 3 rings (SSSR count). The highest BCUT2D eigenvalue weighted by Crippen LogP contribution is 2.41. The van der Waals surface area contributed by atoms with Crippen molar-refractivity contribution in [3.05, 3.63) is 19.4 Å². The number of thiophene rings is 1. The molecule has 3 atom stereocenters. The van der Waals surface area contributed by atoms with Gasteiger partial charge in [-0.3, -0.25) is 0 Å². The van der Waals surface area contributed by atoms with E-state index in [2.05, 4.69) is 40.9 Å². The van der Waals surface area contributed by atoms with Gasteiger partial charge < -0.3 is 5.32 Å². The molecule has 1 aromatic rings. The lowest BCUT2D eigenvalue weighted by Crippen LogP contribution is -2.27. The second-order valence-electron chi connectivity index (χ2n) is 5.43. The third-order valence-electron chi connectivity index (χ3n) is 4.08. The van der Waals surface area contributed by atoms with Crippen LogP contribution in [0.5, 0.6) is 0 Å². The minimum atomic E-state index is 0.658. The first-order valence-electron chi connectivity index (χ1n) is 6.82. The molecule has 0 bridgehead atoms. The first kappa shape index (κ1) is 12.4. The summed E-state index contributed by atoms with van der Waals surface area (Å²) in [6.07, 6.45) is 8.19. The summed E-state index contributed by atoms with van der Waals surface area (Å²) >= 11 is 4.47. The van der Waals surface area contributed by atoms with Gasteiger partial charge in [-0.25, -0.2) is 0 Å². The van der Waals surface area contributed by atoms with Crippen molar-refractivity contribution in [1.29, 1.82) is 0 Å². The van der Waals surface area contributed by atoms with Gasteiger partial charge in [0.05, 0.1) is 2.88 Å². The van der Waals surface area contributed by atoms with Crippen LogP contribution >= 0.6 is 33.9 Å². The molecule has 0 spiro atoms. The smallest absolute Gasteiger partial charge is 0.0659 e. The zero-order valence-electron chi connectivity index (χ0n) is 10.3. The molecule has 3 heteroatoms. The van der Waals surface area contributed by atoms with Gasteiger partial charge >= 0.3 is 0 Å². The third-order valence-corrected chi connectivity index (χ3v) is 6.05. The summed E-state index contributed by atoms with van der Waals surface area (Å²) in [6, 6.07) is 3.89. The third kappa shape index (κ3) is 2.71. The van der Waals surface area contributed by atoms with Crippen LogP contribution in [0.1, 0.15) is 55.5 Å². The van der Waals surface area contributed by atoms with Crippen molar-refractivity contribution < 1.29 is 0 Å². The molecule has 17 heavy (non-hydrogen) atoms. The van der Waals surface area contributed by atoms with E-state index in [1.54, 1.807) is 10.4 Å². The van der Waals surface area contributed by atoms with Gasteiger partial charge in [0.25, 0.3) is 0 Å². The Morgan fingerprint density at radius 3 is 3.24 bits per heavy atom. The number of aryl methyl sites for hydroxylation is 1. The molecule has 94 valence electrons. The van der Waals surface area contributed by atoms with Crippen LogP contribution in [0.25, 0.3) is 0 Å². The van der Waals surface area contributed by atoms with Crippen LogP contribution in [-0.2, 0) is 6.42 Å². The zero-order chi connectivity index (χ0) is 11.8. The van der Waals surface area contributed by atoms with Crippen LogP contribution in [0, 0.1) is 8.80 Å². The van der Waals surface area contributed by atoms with Gasteiger partial charge in [-0.1, -0.05) is 13.3 Å². The molecular weight excluding hydrogens is 341 g/mol. The first-order chi connectivity index (χ1) is 8.28. The predicted molar refractivity (Wildman–Crippen MR) is 82.7 cm³/mol. The lowest BCUT2D eigenvalue weighted by atomic mass is 9.94. The highest BCUT2D eigenvalue weighted by atomic mass is 127. The summed E-state index contributed by atoms with van der Waals surface area (Å²) in [6.45, 7) is 2.30. The molecule has 0 aliphatic heterocycles. The maximum absolute atomic E-state index is 3.90. The lowest BCUT2D eigenvalue weighted by molar-refractivity contribution is 0.445. The molecule has 2 aliphatic carbocycles. The Hall–Kier alpha value is 0.390. The van der Waals surface area contributed by atoms with E-state index >= 15 is 0 Å². The molecule has 1 aromatic heterocycles. The van der Waals surface area contributed by atoms with E-state index in [4.69, 9.17) is 0 Å². The molecule has 2 aliphatic rings. The van der Waals surface area contributed by atoms with E-state index in [0.717, 1.165) is 12.0 Å². The first-order valence-corrected chi connectivity index (χ1v) is 8.71. The maximum Gasteiger partial charge on any atom is 0.0659 e. The fraction of sp³-hybridized carbons (Fsp3) is 0.714. The monoisotopic (exact) mass is 361 g/mol. The topological polar surface area (TPSA) is 12.0 Å². The van der Waals surface area contributed by atoms with Crippen LogP contribution in [-0.4, -0.2) is 6.04 Å². The Balaban J connectivity index is 1.65. The number of hydrogen-bond donors (Lipinski definition) is 1. The maximum atomic E-state index is 3.90. The minimum absolute atomic E-state index is 0.658. The standard InChI is InChI=1S/C14H20INS/c1-2-4-9-7-12(9)16-11-5-3-6-13-10(11)8-14(15)17-13/h8-9,11-12,16H,2-7H2,1H3. The van der Waals surface area contributed by atoms with Gasteiger partial charge in [0.1, 0.15) is 0 Å². The van der Waals surface area contributed by atoms with E-state index in [1.165, 1.54) is 41.4 Å². The molecule has 1 fully saturated rings. The van der Waals surface area contributed by atoms with Gasteiger partial charge in [0.2, 0.25) is 0 Å². The number of nitrogens with one attached hydrogen (secondary N) is 1. The summed E-state index contributed by atoms with van der Waals surface area (Å²) in [5, 5.41) is 3.90. The summed E-state index contributed by atoms with van der Waals surface area (Å²) in [4.78, 5) is 1.64. The largest absolute Gasteiger partial charge is 0.307 e. The van der Waals surface area contributed by atoms with Crippen molar-refractivity contribution in [2.75, 3.05) is 0 Å². The van der Waals surface area contributed by atoms with Crippen molar-refractivity contribution >= 4 is 33.9 Å². The number of halogens is 1. The Kier molecular flexibility index (Phi) is 3.78. The van der Waals surface area contributed by atoms with Crippen molar-refractivity contribution in [1.82, 2.24) is 5.32 Å². The predicted octanol–water partition coefficient (Wildman–Crippen LogP) is 4.51. The summed E-state index contributed by atoms with van der Waals surface area (Å²) in [7, 11) is 0. The zero-order valence-corrected chi connectivity index (χ0v) is 13.3. The molecule has 1 nitrogen and oxygen atoms in total. The number of rotatable bonds is 4. The molecule has 1 N–H and O–H groups in total. The molecule has 0 radical (unpaired) electrons. The number of hydrogen-bond acceptors (Lipinski definition) is 2. The van der Waals surface area contributed by atoms with Gasteiger partial charge in [0.15, 0.2) is 0 Å². The van der Waals surface area contributed by atoms with E-state index in [-0.39, 0.29) is 0 Å². The summed E-state index contributed by atoms with van der Waals surface area (Å²) in [5.74, 6) is 0.975. The van der Waals surface area contributed by atoms with Crippen molar-refractivity contribution in [2.45, 2.75) is 57.5 Å². The Morgan fingerprint density at radius 2 is 2.41 bits per heavy atom. The van der Waals surface area contributed by atoms with Crippen LogP contribution in [0.4, 0.5) is 0 Å². The molecular formula is C14H20INS. The fourth-order valence-corrected chi connectivity index (χ4v) is 5.21. The SMILES string of the molecule is CCCC1CC1NC1CCCc2sc(I)cc21. The van der Waals surface area contributed by atoms with Crippen LogP contribution < -0.4 is 5.32 Å². The van der Waals surface area contributed by atoms with E-state index in [9.17, 15) is 0 Å². The summed E-state index contributed by atoms with van der Waals surface area (Å²) in [5.41, 5.74) is 1.62. The van der Waals surface area contributed by atoms with E-state index in [1.807, 2.05) is 11.3 Å². The van der Waals surface area contributed by atoms with Gasteiger partial charge in [-0.05, 0) is 72.2 Å². The van der Waals surface area contributed by atoms with Crippen LogP contribution in [0.15, 0.2) is 6.07 Å². The molecule has 1 saturated carbocycles. The quantitative estimate of drug-likeness (QED) is 0.779. The van der Waals surface area contributed by atoms with Crippen molar-refractivity contribution in [3.63, 3.8) is 0 Å². The van der Waals surface area contributed by atoms with Crippen molar-refractivity contribution in [3.8, 4) is 0 Å². The average Bonchev–Trinajstić information content (AvgIpc) is 2.88. The Labute approximate surface area is 122 Å². The van der Waals surface area contributed by atoms with E-state index in [0.29, 0.717) is 6.04 Å². The fourth-order valence-electron chi connectivity index (χ4n) is 3.09. The second kappa shape index (κ2) is 5.17. The Bertz CT molecular complexity index is 401. The normalized spacial score (nSPS) is 31.3. The Morgan fingerprint density at radius 1 is 1.53 bits per heavy atom.